The first-order chi connectivity index (χ1) is 12.3. The molecule has 0 fully saturated rings. The number of fused-ring (bicyclic) bond motifs is 4. The highest BCUT2D eigenvalue weighted by atomic mass is 32.1. The van der Waals surface area contributed by atoms with Crippen LogP contribution in [-0.4, -0.2) is 32.6 Å². The van der Waals surface area contributed by atoms with Crippen molar-refractivity contribution in [2.75, 3.05) is 4.90 Å². The maximum Gasteiger partial charge on any atom is 0.150 e. The van der Waals surface area contributed by atoms with Gasteiger partial charge < -0.3 is 9.64 Å². The molecule has 0 atom stereocenters. The van der Waals surface area contributed by atoms with Crippen molar-refractivity contribution in [2.24, 2.45) is 0 Å². The number of ether oxygens (including phenoxy) is 1. The van der Waals surface area contributed by atoms with Gasteiger partial charge in [-0.3, -0.25) is 0 Å². The summed E-state index contributed by atoms with van der Waals surface area (Å²) in [6, 6.07) is 2.96. The molecule has 0 saturated carbocycles. The molecule has 0 radical (unpaired) electrons. The third kappa shape index (κ3) is 2.85. The molecular weight excluding hydrogens is 344 g/mol. The van der Waals surface area contributed by atoms with E-state index in [-0.39, 0.29) is 5.60 Å². The van der Waals surface area contributed by atoms with E-state index in [1.54, 1.807) is 17.7 Å². The molecule has 0 N–H and O–H groups in total. The number of hydrogen-bond donors (Lipinski definition) is 0. The molecule has 4 heterocycles. The molecule has 5 nitrogen and oxygen atoms in total. The van der Waals surface area contributed by atoms with Gasteiger partial charge in [0.2, 0.25) is 0 Å². The van der Waals surface area contributed by atoms with Gasteiger partial charge in [-0.05, 0) is 47.6 Å². The fraction of sp³-hybridized carbons (Fsp3) is 0.550. The van der Waals surface area contributed by atoms with Crippen LogP contribution in [0.25, 0.3) is 20.4 Å². The van der Waals surface area contributed by atoms with E-state index in [0.29, 0.717) is 18.7 Å². The number of nitrogens with zero attached hydrogens (tertiary/aromatic N) is 4. The Bertz CT molecular complexity index is 969. The summed E-state index contributed by atoms with van der Waals surface area (Å²) in [5.41, 5.74) is 3.18. The Morgan fingerprint density at radius 3 is 2.58 bits per heavy atom. The number of hydrogen-bond acceptors (Lipinski definition) is 6. The van der Waals surface area contributed by atoms with Crippen LogP contribution >= 0.6 is 11.3 Å². The molecule has 0 amide bonds. The Hall–Kier alpha value is -1.79. The predicted octanol–water partition coefficient (Wildman–Crippen LogP) is 4.71. The molecule has 0 unspecified atom stereocenters. The first kappa shape index (κ1) is 17.6. The van der Waals surface area contributed by atoms with Crippen LogP contribution < -0.4 is 4.90 Å². The van der Waals surface area contributed by atoms with Crippen LogP contribution in [-0.2, 0) is 17.8 Å². The second-order valence-electron chi connectivity index (χ2n) is 8.24. The van der Waals surface area contributed by atoms with Crippen molar-refractivity contribution in [3.8, 4) is 0 Å². The number of thiophene rings is 1. The summed E-state index contributed by atoms with van der Waals surface area (Å²) in [7, 11) is 0. The van der Waals surface area contributed by atoms with Crippen LogP contribution in [0, 0.1) is 0 Å². The van der Waals surface area contributed by atoms with Crippen molar-refractivity contribution in [2.45, 2.75) is 72.3 Å². The quantitative estimate of drug-likeness (QED) is 0.668. The highest BCUT2D eigenvalue weighted by Gasteiger charge is 2.28. The lowest BCUT2D eigenvalue weighted by Gasteiger charge is -2.32. The van der Waals surface area contributed by atoms with E-state index in [4.69, 9.17) is 9.72 Å². The van der Waals surface area contributed by atoms with Crippen LogP contribution in [0.15, 0.2) is 12.4 Å². The van der Waals surface area contributed by atoms with Crippen molar-refractivity contribution < 1.29 is 4.74 Å². The minimum Gasteiger partial charge on any atom is -0.370 e. The second kappa shape index (κ2) is 6.13. The summed E-state index contributed by atoms with van der Waals surface area (Å²) in [6.45, 7) is 13.7. The summed E-state index contributed by atoms with van der Waals surface area (Å²) >= 11 is 1.71. The minimum atomic E-state index is -0.151. The molecule has 0 aromatic carbocycles. The summed E-state index contributed by atoms with van der Waals surface area (Å²) in [4.78, 5) is 17.6. The molecule has 6 heteroatoms. The number of aromatic nitrogens is 3. The van der Waals surface area contributed by atoms with Gasteiger partial charge in [-0.25, -0.2) is 15.0 Å². The van der Waals surface area contributed by atoms with Gasteiger partial charge in [0.05, 0.1) is 28.1 Å². The van der Waals surface area contributed by atoms with E-state index < -0.39 is 0 Å². The first-order valence-electron chi connectivity index (χ1n) is 9.25. The molecular formula is C20H26N4OS. The van der Waals surface area contributed by atoms with Gasteiger partial charge in [-0.2, -0.15) is 0 Å². The van der Waals surface area contributed by atoms with Crippen molar-refractivity contribution in [1.82, 2.24) is 15.0 Å². The fourth-order valence-electron chi connectivity index (χ4n) is 3.84. The molecule has 0 aliphatic carbocycles. The summed E-state index contributed by atoms with van der Waals surface area (Å²) in [5, 5.41) is 1.11. The van der Waals surface area contributed by atoms with Crippen LogP contribution in [0.5, 0.6) is 0 Å². The Morgan fingerprint density at radius 1 is 1.15 bits per heavy atom. The molecule has 26 heavy (non-hydrogen) atoms. The normalized spacial score (nSPS) is 16.6. The van der Waals surface area contributed by atoms with Gasteiger partial charge in [0.25, 0.3) is 0 Å². The molecule has 0 bridgehead atoms. The summed E-state index contributed by atoms with van der Waals surface area (Å²) in [6.07, 6.45) is 2.52. The van der Waals surface area contributed by atoms with Gasteiger partial charge in [-0.1, -0.05) is 0 Å². The Morgan fingerprint density at radius 2 is 1.88 bits per heavy atom. The van der Waals surface area contributed by atoms with Crippen molar-refractivity contribution >= 4 is 37.6 Å². The van der Waals surface area contributed by atoms with Crippen LogP contribution in [0.3, 0.4) is 0 Å². The highest BCUT2D eigenvalue weighted by molar-refractivity contribution is 7.25. The van der Waals surface area contributed by atoms with Gasteiger partial charge in [0.1, 0.15) is 11.2 Å². The van der Waals surface area contributed by atoms with Crippen LogP contribution in [0.4, 0.5) is 5.82 Å². The van der Waals surface area contributed by atoms with Gasteiger partial charge >= 0.3 is 0 Å². The smallest absolute Gasteiger partial charge is 0.150 e. The number of rotatable bonds is 3. The van der Waals surface area contributed by atoms with E-state index in [1.807, 2.05) is 0 Å². The van der Waals surface area contributed by atoms with Crippen molar-refractivity contribution in [3.63, 3.8) is 0 Å². The average molecular weight is 371 g/mol. The zero-order valence-electron chi connectivity index (χ0n) is 16.3. The minimum absolute atomic E-state index is 0.151. The second-order valence-corrected chi connectivity index (χ2v) is 9.24. The molecule has 1 aliphatic rings. The maximum atomic E-state index is 5.98. The molecule has 0 saturated heterocycles. The third-order valence-corrected chi connectivity index (χ3v) is 6.05. The maximum absolute atomic E-state index is 5.98. The van der Waals surface area contributed by atoms with Crippen LogP contribution in [0.1, 0.15) is 52.8 Å². The topological polar surface area (TPSA) is 51.1 Å². The first-order valence-corrected chi connectivity index (χ1v) is 10.1. The van der Waals surface area contributed by atoms with E-state index >= 15 is 0 Å². The lowest BCUT2D eigenvalue weighted by Crippen LogP contribution is -2.37. The standard InChI is InChI=1S/C20H26N4OS/c1-11(2)24(12(3)4)18-17-16(21-10-22-18)14-7-13-9-25-20(5,6)8-15(13)23-19(14)26-17/h7,10-12H,8-9H2,1-6H3. The van der Waals surface area contributed by atoms with Crippen molar-refractivity contribution in [3.05, 3.63) is 23.7 Å². The SMILES string of the molecule is CC(C)N(c1ncnc2c1sc1nc3c(cc12)COC(C)(C)C3)C(C)C. The molecule has 4 rings (SSSR count). The monoisotopic (exact) mass is 370 g/mol. The van der Waals surface area contributed by atoms with Crippen molar-refractivity contribution in [1.29, 1.82) is 0 Å². The zero-order chi connectivity index (χ0) is 18.6. The van der Waals surface area contributed by atoms with E-state index in [2.05, 4.69) is 62.5 Å². The fourth-order valence-corrected chi connectivity index (χ4v) is 4.97. The Labute approximate surface area is 158 Å². The number of pyridine rings is 1. The van der Waals surface area contributed by atoms with Gasteiger partial charge in [-0.15, -0.1) is 11.3 Å². The van der Waals surface area contributed by atoms with E-state index in [1.165, 1.54) is 5.56 Å². The lowest BCUT2D eigenvalue weighted by atomic mass is 9.95. The zero-order valence-corrected chi connectivity index (χ0v) is 17.1. The van der Waals surface area contributed by atoms with E-state index in [9.17, 15) is 0 Å². The summed E-state index contributed by atoms with van der Waals surface area (Å²) < 4.78 is 7.10. The summed E-state index contributed by atoms with van der Waals surface area (Å²) in [5.74, 6) is 1.01. The highest BCUT2D eigenvalue weighted by Crippen LogP contribution is 2.39. The largest absolute Gasteiger partial charge is 0.370 e. The average Bonchev–Trinajstić information content (AvgIpc) is 2.90. The predicted molar refractivity (Wildman–Crippen MR) is 108 cm³/mol. The number of anilines is 1. The molecule has 3 aromatic rings. The molecule has 0 spiro atoms. The van der Waals surface area contributed by atoms with Gasteiger partial charge in [0, 0.05) is 29.5 Å². The van der Waals surface area contributed by atoms with Crippen LogP contribution in [0.2, 0.25) is 0 Å². The Kier molecular flexibility index (Phi) is 4.15. The molecule has 1 aliphatic heterocycles. The van der Waals surface area contributed by atoms with Gasteiger partial charge in [0.15, 0.2) is 5.82 Å². The lowest BCUT2D eigenvalue weighted by molar-refractivity contribution is -0.0411. The third-order valence-electron chi connectivity index (χ3n) is 4.96. The van der Waals surface area contributed by atoms with E-state index in [0.717, 1.165) is 38.4 Å². The molecule has 3 aromatic heterocycles. The Balaban J connectivity index is 1.93. The molecule has 138 valence electrons.